The normalized spacial score (nSPS) is 26.3. The minimum atomic E-state index is -0.640. The molecule has 1 aromatic carbocycles. The number of hydrogen-bond acceptors (Lipinski definition) is 5. The van der Waals surface area contributed by atoms with E-state index in [0.717, 1.165) is 50.1 Å². The van der Waals surface area contributed by atoms with E-state index in [1.807, 2.05) is 19.1 Å². The monoisotopic (exact) mass is 428 g/mol. The molecule has 1 saturated heterocycles. The maximum atomic E-state index is 14.2. The minimum Gasteiger partial charge on any atom is -0.465 e. The number of nitrogens with zero attached hydrogens (tertiary/aromatic N) is 4. The zero-order valence-electron chi connectivity index (χ0n) is 17.7. The molecule has 0 bridgehead atoms. The highest BCUT2D eigenvalue weighted by Crippen LogP contribution is 2.42. The Balaban J connectivity index is 1.32. The number of rotatable bonds is 5. The van der Waals surface area contributed by atoms with E-state index in [1.165, 1.54) is 12.1 Å². The first kappa shape index (κ1) is 20.3. The fourth-order valence-electron chi connectivity index (χ4n) is 5.20. The van der Waals surface area contributed by atoms with E-state index in [0.29, 0.717) is 17.5 Å². The molecule has 0 radical (unpaired) electrons. The highest BCUT2D eigenvalue weighted by Gasteiger charge is 2.43. The average molecular weight is 428 g/mol. The molecule has 31 heavy (non-hydrogen) atoms. The fraction of sp³-hybridized carbons (Fsp3) is 0.478. The summed E-state index contributed by atoms with van der Waals surface area (Å²) in [5, 5.41) is 8.43. The first-order chi connectivity index (χ1) is 15.0. The molecular weight excluding hydrogens is 402 g/mol. The van der Waals surface area contributed by atoms with Crippen LogP contribution in [0.1, 0.15) is 30.4 Å². The van der Waals surface area contributed by atoms with Gasteiger partial charge in [-0.15, -0.1) is 5.10 Å². The van der Waals surface area contributed by atoms with E-state index in [-0.39, 0.29) is 17.7 Å². The smallest absolute Gasteiger partial charge is 0.135 e. The van der Waals surface area contributed by atoms with Crippen molar-refractivity contribution in [1.82, 2.24) is 19.9 Å². The number of benzene rings is 1. The van der Waals surface area contributed by atoms with Gasteiger partial charge in [0.2, 0.25) is 0 Å². The molecular formula is C23H26F2N4O2. The lowest BCUT2D eigenvalue weighted by molar-refractivity contribution is -0.00545. The largest absolute Gasteiger partial charge is 0.465 e. The van der Waals surface area contributed by atoms with Gasteiger partial charge in [0.15, 0.2) is 0 Å². The Morgan fingerprint density at radius 1 is 1.13 bits per heavy atom. The van der Waals surface area contributed by atoms with Gasteiger partial charge in [-0.1, -0.05) is 5.21 Å². The van der Waals surface area contributed by atoms with Gasteiger partial charge < -0.3 is 9.15 Å². The lowest BCUT2D eigenvalue weighted by Gasteiger charge is -2.37. The Bertz CT molecular complexity index is 1070. The maximum absolute atomic E-state index is 14.2. The van der Waals surface area contributed by atoms with Gasteiger partial charge >= 0.3 is 0 Å². The van der Waals surface area contributed by atoms with Crippen LogP contribution in [0.15, 0.2) is 40.9 Å². The van der Waals surface area contributed by atoms with Gasteiger partial charge in [0.1, 0.15) is 28.8 Å². The molecule has 2 aromatic heterocycles. The van der Waals surface area contributed by atoms with Crippen LogP contribution in [0.2, 0.25) is 0 Å². The van der Waals surface area contributed by atoms with E-state index in [9.17, 15) is 8.78 Å². The molecule has 8 heteroatoms. The standard InChI is InChI=1S/C23H26F2N4O2/c1-14-3-5-18(31-14)12-28-10-15-7-22(23(30-2)8-16(15)11-28)29-13-21(26-27-29)19-6-4-17(24)9-20(19)25/h3-6,9,13,15-16,22-23H,7-8,10-12H2,1-2H3/t15-,16+,22-,23-/m1/s1. The third kappa shape index (κ3) is 4.02. The Labute approximate surface area is 179 Å². The summed E-state index contributed by atoms with van der Waals surface area (Å²) in [5.74, 6) is 1.78. The topological polar surface area (TPSA) is 56.3 Å². The van der Waals surface area contributed by atoms with Crippen molar-refractivity contribution in [1.29, 1.82) is 0 Å². The fourth-order valence-corrected chi connectivity index (χ4v) is 5.20. The molecule has 0 amide bonds. The quantitative estimate of drug-likeness (QED) is 0.609. The van der Waals surface area contributed by atoms with Gasteiger partial charge in [-0.25, -0.2) is 13.5 Å². The summed E-state index contributed by atoms with van der Waals surface area (Å²) >= 11 is 0. The van der Waals surface area contributed by atoms with Crippen LogP contribution in [0.3, 0.4) is 0 Å². The number of halogens is 2. The molecule has 0 N–H and O–H groups in total. The van der Waals surface area contributed by atoms with E-state index < -0.39 is 11.6 Å². The van der Waals surface area contributed by atoms with Gasteiger partial charge in [-0.05, 0) is 55.9 Å². The summed E-state index contributed by atoms with van der Waals surface area (Å²) in [4.78, 5) is 2.45. The van der Waals surface area contributed by atoms with Crippen molar-refractivity contribution in [3.8, 4) is 11.3 Å². The van der Waals surface area contributed by atoms with Gasteiger partial charge in [0, 0.05) is 31.8 Å². The number of methoxy groups -OCH3 is 1. The highest BCUT2D eigenvalue weighted by molar-refractivity contribution is 5.58. The Kier molecular flexibility index (Phi) is 5.35. The molecule has 1 aliphatic heterocycles. The molecule has 1 saturated carbocycles. The summed E-state index contributed by atoms with van der Waals surface area (Å²) in [6, 6.07) is 7.57. The molecule has 5 rings (SSSR count). The van der Waals surface area contributed by atoms with Gasteiger partial charge in [0.25, 0.3) is 0 Å². The lowest BCUT2D eigenvalue weighted by Crippen LogP contribution is -2.37. The number of furan rings is 1. The number of aryl methyl sites for hydroxylation is 1. The van der Waals surface area contributed by atoms with Crippen molar-refractivity contribution in [2.75, 3.05) is 20.2 Å². The van der Waals surface area contributed by atoms with Crippen molar-refractivity contribution in [3.05, 3.63) is 59.7 Å². The SMILES string of the molecule is CO[C@@H]1C[C@H]2CN(Cc3ccc(C)o3)C[C@H]2C[C@H]1n1cc(-c2ccc(F)cc2F)nn1. The third-order valence-electron chi connectivity index (χ3n) is 6.70. The summed E-state index contributed by atoms with van der Waals surface area (Å²) in [6.07, 6.45) is 3.62. The van der Waals surface area contributed by atoms with Gasteiger partial charge in [-0.2, -0.15) is 0 Å². The number of likely N-dealkylation sites (tertiary alicyclic amines) is 1. The Hall–Kier alpha value is -2.58. The molecule has 3 aromatic rings. The predicted molar refractivity (Wildman–Crippen MR) is 110 cm³/mol. The zero-order chi connectivity index (χ0) is 21.5. The molecule has 164 valence electrons. The minimum absolute atomic E-state index is 0.0136. The Morgan fingerprint density at radius 2 is 1.94 bits per heavy atom. The summed E-state index contributed by atoms with van der Waals surface area (Å²) in [6.45, 7) is 4.82. The maximum Gasteiger partial charge on any atom is 0.135 e. The van der Waals surface area contributed by atoms with Crippen molar-refractivity contribution in [3.63, 3.8) is 0 Å². The van der Waals surface area contributed by atoms with Crippen molar-refractivity contribution >= 4 is 0 Å². The van der Waals surface area contributed by atoms with Crippen LogP contribution in [0.4, 0.5) is 8.78 Å². The van der Waals surface area contributed by atoms with Crippen LogP contribution < -0.4 is 0 Å². The van der Waals surface area contributed by atoms with Crippen LogP contribution in [-0.2, 0) is 11.3 Å². The summed E-state index contributed by atoms with van der Waals surface area (Å²) in [5.41, 5.74) is 0.645. The predicted octanol–water partition coefficient (Wildman–Crippen LogP) is 4.22. The number of aromatic nitrogens is 3. The second-order valence-corrected chi connectivity index (χ2v) is 8.75. The number of fused-ring (bicyclic) bond motifs is 1. The van der Waals surface area contributed by atoms with Gasteiger partial charge in [-0.3, -0.25) is 4.90 Å². The molecule has 2 fully saturated rings. The molecule has 0 spiro atoms. The molecule has 0 unspecified atom stereocenters. The first-order valence-electron chi connectivity index (χ1n) is 10.7. The lowest BCUT2D eigenvalue weighted by atomic mass is 9.77. The van der Waals surface area contributed by atoms with Crippen LogP contribution in [0.25, 0.3) is 11.3 Å². The van der Waals surface area contributed by atoms with E-state index in [1.54, 1.807) is 18.0 Å². The third-order valence-corrected chi connectivity index (χ3v) is 6.70. The first-order valence-corrected chi connectivity index (χ1v) is 10.7. The number of hydrogen-bond donors (Lipinski definition) is 0. The summed E-state index contributed by atoms with van der Waals surface area (Å²) in [7, 11) is 1.73. The van der Waals surface area contributed by atoms with E-state index in [4.69, 9.17) is 9.15 Å². The van der Waals surface area contributed by atoms with Crippen molar-refractivity contribution in [2.45, 2.75) is 38.5 Å². The van der Waals surface area contributed by atoms with Crippen molar-refractivity contribution in [2.24, 2.45) is 11.8 Å². The van der Waals surface area contributed by atoms with Crippen LogP contribution >= 0.6 is 0 Å². The van der Waals surface area contributed by atoms with Gasteiger partial charge in [0.05, 0.1) is 24.9 Å². The molecule has 1 aliphatic carbocycles. The summed E-state index contributed by atoms with van der Waals surface area (Å²) < 4.78 is 40.8. The zero-order valence-corrected chi connectivity index (χ0v) is 17.7. The average Bonchev–Trinajstić information content (AvgIpc) is 3.46. The van der Waals surface area contributed by atoms with E-state index >= 15 is 0 Å². The second-order valence-electron chi connectivity index (χ2n) is 8.75. The highest BCUT2D eigenvalue weighted by atomic mass is 19.1. The van der Waals surface area contributed by atoms with E-state index in [2.05, 4.69) is 15.2 Å². The van der Waals surface area contributed by atoms with Crippen LogP contribution in [0, 0.1) is 30.4 Å². The Morgan fingerprint density at radius 3 is 2.65 bits per heavy atom. The van der Waals surface area contributed by atoms with Crippen LogP contribution in [0.5, 0.6) is 0 Å². The number of ether oxygens (including phenoxy) is 1. The van der Waals surface area contributed by atoms with Crippen molar-refractivity contribution < 1.29 is 17.9 Å². The molecule has 6 nitrogen and oxygen atoms in total. The molecule has 2 aliphatic rings. The molecule has 3 heterocycles. The van der Waals surface area contributed by atoms with Crippen LogP contribution in [-0.4, -0.2) is 46.2 Å². The second kappa shape index (κ2) is 8.16. The molecule has 4 atom stereocenters.